The zero-order valence-corrected chi connectivity index (χ0v) is 13.9. The normalized spacial score (nSPS) is 13.4. The maximum Gasteiger partial charge on any atom is 0.233 e. The van der Waals surface area contributed by atoms with Crippen molar-refractivity contribution in [2.24, 2.45) is 0 Å². The van der Waals surface area contributed by atoms with E-state index in [0.29, 0.717) is 6.54 Å². The molecule has 0 unspecified atom stereocenters. The highest BCUT2D eigenvalue weighted by atomic mass is 32.2. The first-order valence-corrected chi connectivity index (χ1v) is 8.29. The Labute approximate surface area is 139 Å². The Morgan fingerprint density at radius 3 is 2.52 bits per heavy atom. The number of nitrogens with one attached hydrogen (secondary N) is 1. The van der Waals surface area contributed by atoms with E-state index in [1.54, 1.807) is 6.92 Å². The van der Waals surface area contributed by atoms with Gasteiger partial charge < -0.3 is 5.32 Å². The molecule has 0 heterocycles. The molecule has 0 spiro atoms. The molecule has 0 saturated heterocycles. The molecule has 0 bridgehead atoms. The van der Waals surface area contributed by atoms with Crippen molar-refractivity contribution in [1.29, 1.82) is 0 Å². The summed E-state index contributed by atoms with van der Waals surface area (Å²) < 4.78 is 26.8. The fraction of sp³-hybridized carbons (Fsp3) is 0.278. The Hall–Kier alpha value is -1.88. The fourth-order valence-corrected chi connectivity index (χ4v) is 3.04. The molecule has 0 radical (unpaired) electrons. The van der Waals surface area contributed by atoms with Crippen LogP contribution in [0.4, 0.5) is 8.78 Å². The third-order valence-corrected chi connectivity index (χ3v) is 4.65. The molecule has 0 aliphatic rings. The molecule has 0 aromatic heterocycles. The van der Waals surface area contributed by atoms with E-state index in [4.69, 9.17) is 0 Å². The van der Waals surface area contributed by atoms with E-state index in [2.05, 4.69) is 5.32 Å². The molecule has 2 rings (SSSR count). The summed E-state index contributed by atoms with van der Waals surface area (Å²) in [6.07, 6.45) is 0. The Morgan fingerprint density at radius 1 is 1.13 bits per heavy atom. The number of carbonyl (C=O) groups is 1. The lowest BCUT2D eigenvalue weighted by atomic mass is 10.0. The van der Waals surface area contributed by atoms with Crippen molar-refractivity contribution < 1.29 is 13.6 Å². The van der Waals surface area contributed by atoms with Gasteiger partial charge in [-0.1, -0.05) is 37.3 Å². The minimum Gasteiger partial charge on any atom is -0.355 e. The first-order valence-electron chi connectivity index (χ1n) is 7.41. The summed E-state index contributed by atoms with van der Waals surface area (Å²) in [6.45, 7) is 4.20. The van der Waals surface area contributed by atoms with E-state index < -0.39 is 16.9 Å². The second-order valence-corrected chi connectivity index (χ2v) is 6.77. The van der Waals surface area contributed by atoms with Gasteiger partial charge in [-0.2, -0.15) is 0 Å². The summed E-state index contributed by atoms with van der Waals surface area (Å²) in [5.74, 6) is -1.04. The van der Waals surface area contributed by atoms with Gasteiger partial charge in [-0.25, -0.2) is 8.78 Å². The second-order valence-electron chi connectivity index (χ2n) is 5.39. The lowest BCUT2D eigenvalue weighted by Crippen LogP contribution is -2.33. The Bertz CT molecular complexity index is 663. The molecule has 2 aromatic carbocycles. The molecule has 2 atom stereocenters. The van der Waals surface area contributed by atoms with Gasteiger partial charge in [0.05, 0.1) is 5.25 Å². The predicted octanol–water partition coefficient (Wildman–Crippen LogP) is 4.37. The molecule has 0 saturated carbocycles. The highest BCUT2D eigenvalue weighted by molar-refractivity contribution is 8.00. The van der Waals surface area contributed by atoms with Crippen molar-refractivity contribution in [2.75, 3.05) is 6.54 Å². The first kappa shape index (κ1) is 17.5. The van der Waals surface area contributed by atoms with E-state index in [-0.39, 0.29) is 16.7 Å². The second kappa shape index (κ2) is 8.11. The smallest absolute Gasteiger partial charge is 0.233 e. The monoisotopic (exact) mass is 335 g/mol. The molecule has 0 aliphatic heterocycles. The highest BCUT2D eigenvalue weighted by Gasteiger charge is 2.17. The lowest BCUT2D eigenvalue weighted by Gasteiger charge is -2.16. The third kappa shape index (κ3) is 5.06. The maximum absolute atomic E-state index is 13.6. The average molecular weight is 335 g/mol. The van der Waals surface area contributed by atoms with Crippen molar-refractivity contribution in [3.8, 4) is 0 Å². The average Bonchev–Trinajstić information content (AvgIpc) is 2.56. The number of amides is 1. The van der Waals surface area contributed by atoms with Crippen LogP contribution in [-0.2, 0) is 4.79 Å². The van der Waals surface area contributed by atoms with E-state index in [9.17, 15) is 13.6 Å². The van der Waals surface area contributed by atoms with Gasteiger partial charge in [0.1, 0.15) is 11.6 Å². The van der Waals surface area contributed by atoms with Crippen LogP contribution >= 0.6 is 11.8 Å². The molecular weight excluding hydrogens is 316 g/mol. The van der Waals surface area contributed by atoms with Gasteiger partial charge in [-0.15, -0.1) is 11.8 Å². The maximum atomic E-state index is 13.6. The summed E-state index contributed by atoms with van der Waals surface area (Å²) >= 11 is 1.01. The molecule has 0 fully saturated rings. The molecular formula is C18H19F2NOS. The zero-order valence-electron chi connectivity index (χ0n) is 13.1. The van der Waals surface area contributed by atoms with Crippen molar-refractivity contribution in [1.82, 2.24) is 5.32 Å². The molecule has 5 heteroatoms. The molecule has 1 N–H and O–H groups in total. The summed E-state index contributed by atoms with van der Waals surface area (Å²) in [4.78, 5) is 12.3. The standard InChI is InChI=1S/C18H19F2NOS/c1-12(14-6-4-3-5-7-14)11-21-18(22)13(2)23-17-10-15(19)8-9-16(17)20/h3-10,12-13H,11H2,1-2H3,(H,21,22)/t12-,13-/m1/s1. The minimum atomic E-state index is -0.520. The van der Waals surface area contributed by atoms with Crippen molar-refractivity contribution >= 4 is 17.7 Å². The van der Waals surface area contributed by atoms with E-state index in [1.807, 2.05) is 37.3 Å². The van der Waals surface area contributed by atoms with Gasteiger partial charge in [0.25, 0.3) is 0 Å². The number of benzene rings is 2. The van der Waals surface area contributed by atoms with Crippen LogP contribution in [0.5, 0.6) is 0 Å². The van der Waals surface area contributed by atoms with E-state index in [0.717, 1.165) is 35.5 Å². The number of rotatable bonds is 6. The van der Waals surface area contributed by atoms with Crippen LogP contribution in [0, 0.1) is 11.6 Å². The number of halogens is 2. The Kier molecular flexibility index (Phi) is 6.16. The Balaban J connectivity index is 1.89. The number of carbonyl (C=O) groups excluding carboxylic acids is 1. The topological polar surface area (TPSA) is 29.1 Å². The fourth-order valence-electron chi connectivity index (χ4n) is 2.11. The zero-order chi connectivity index (χ0) is 16.8. The highest BCUT2D eigenvalue weighted by Crippen LogP contribution is 2.27. The number of hydrogen-bond acceptors (Lipinski definition) is 2. The summed E-state index contributed by atoms with van der Waals surface area (Å²) in [5.41, 5.74) is 1.14. The number of hydrogen-bond donors (Lipinski definition) is 1. The van der Waals surface area contributed by atoms with Gasteiger partial charge in [-0.3, -0.25) is 4.79 Å². The van der Waals surface area contributed by atoms with Crippen molar-refractivity contribution in [3.05, 3.63) is 65.7 Å². The quantitative estimate of drug-likeness (QED) is 0.795. The van der Waals surface area contributed by atoms with Crippen LogP contribution in [0.15, 0.2) is 53.4 Å². The minimum absolute atomic E-state index is 0.142. The van der Waals surface area contributed by atoms with Gasteiger partial charge in [0, 0.05) is 11.4 Å². The summed E-state index contributed by atoms with van der Waals surface area (Å²) in [7, 11) is 0. The van der Waals surface area contributed by atoms with Crippen LogP contribution in [-0.4, -0.2) is 17.7 Å². The third-order valence-electron chi connectivity index (χ3n) is 3.52. The SMILES string of the molecule is C[C@H](CNC(=O)[C@@H](C)Sc1cc(F)ccc1F)c1ccccc1. The van der Waals surface area contributed by atoms with Crippen LogP contribution < -0.4 is 5.32 Å². The molecule has 23 heavy (non-hydrogen) atoms. The van der Waals surface area contributed by atoms with Gasteiger partial charge in [0.2, 0.25) is 5.91 Å². The molecule has 2 aromatic rings. The van der Waals surface area contributed by atoms with Gasteiger partial charge >= 0.3 is 0 Å². The Morgan fingerprint density at radius 2 is 1.83 bits per heavy atom. The predicted molar refractivity (Wildman–Crippen MR) is 89.5 cm³/mol. The molecule has 122 valence electrons. The summed E-state index contributed by atoms with van der Waals surface area (Å²) in [5, 5.41) is 2.35. The van der Waals surface area contributed by atoms with Crippen molar-refractivity contribution in [2.45, 2.75) is 29.9 Å². The van der Waals surface area contributed by atoms with Crippen LogP contribution in [0.1, 0.15) is 25.3 Å². The van der Waals surface area contributed by atoms with Gasteiger partial charge in [-0.05, 0) is 36.6 Å². The van der Waals surface area contributed by atoms with Crippen LogP contribution in [0.25, 0.3) is 0 Å². The van der Waals surface area contributed by atoms with E-state index >= 15 is 0 Å². The molecule has 2 nitrogen and oxygen atoms in total. The van der Waals surface area contributed by atoms with Gasteiger partial charge in [0.15, 0.2) is 0 Å². The van der Waals surface area contributed by atoms with Crippen LogP contribution in [0.3, 0.4) is 0 Å². The number of thioether (sulfide) groups is 1. The summed E-state index contributed by atoms with van der Waals surface area (Å²) in [6, 6.07) is 13.1. The molecule has 1 amide bonds. The van der Waals surface area contributed by atoms with E-state index in [1.165, 1.54) is 0 Å². The van der Waals surface area contributed by atoms with Crippen molar-refractivity contribution in [3.63, 3.8) is 0 Å². The largest absolute Gasteiger partial charge is 0.355 e. The molecule has 0 aliphatic carbocycles. The van der Waals surface area contributed by atoms with Crippen LogP contribution in [0.2, 0.25) is 0 Å². The lowest BCUT2D eigenvalue weighted by molar-refractivity contribution is -0.120. The first-order chi connectivity index (χ1) is 11.0.